The number of nitrogen functional groups attached to an aromatic ring is 1. The van der Waals surface area contributed by atoms with Crippen LogP contribution in [0.15, 0.2) is 18.2 Å². The van der Waals surface area contributed by atoms with Gasteiger partial charge in [0.25, 0.3) is 5.91 Å². The van der Waals surface area contributed by atoms with Crippen LogP contribution in [-0.4, -0.2) is 19.1 Å². The number of benzene rings is 1. The Morgan fingerprint density at radius 2 is 2.06 bits per heavy atom. The Hall–Kier alpha value is -1.71. The van der Waals surface area contributed by atoms with Crippen molar-refractivity contribution in [3.05, 3.63) is 23.8 Å². The zero-order chi connectivity index (χ0) is 13.7. The highest BCUT2D eigenvalue weighted by Gasteiger charge is 2.11. The van der Waals surface area contributed by atoms with Crippen LogP contribution in [0.1, 0.15) is 37.6 Å². The summed E-state index contributed by atoms with van der Waals surface area (Å²) in [6, 6.07) is 5.07. The molecule has 4 nitrogen and oxygen atoms in total. The molecule has 0 spiro atoms. The number of ether oxygens (including phenoxy) is 1. The van der Waals surface area contributed by atoms with Gasteiger partial charge in [-0.15, -0.1) is 0 Å². The summed E-state index contributed by atoms with van der Waals surface area (Å²) in [5.41, 5.74) is 6.96. The van der Waals surface area contributed by atoms with Crippen LogP contribution in [0.4, 0.5) is 5.69 Å². The first-order chi connectivity index (χ1) is 8.43. The monoisotopic (exact) mass is 250 g/mol. The van der Waals surface area contributed by atoms with Crippen molar-refractivity contribution in [3.63, 3.8) is 0 Å². The number of nitrogens with one attached hydrogen (secondary N) is 1. The first-order valence-electron chi connectivity index (χ1n) is 6.22. The van der Waals surface area contributed by atoms with E-state index in [0.29, 0.717) is 22.9 Å². The Balaban J connectivity index is 2.84. The minimum Gasteiger partial charge on any atom is -0.489 e. The maximum atomic E-state index is 11.5. The SMILES string of the molecule is CNC(=O)c1ccc(N)c(OC(C)CC(C)C)c1. The first-order valence-corrected chi connectivity index (χ1v) is 6.22. The van der Waals surface area contributed by atoms with Crippen molar-refractivity contribution in [1.82, 2.24) is 5.32 Å². The summed E-state index contributed by atoms with van der Waals surface area (Å²) in [7, 11) is 1.60. The predicted molar refractivity (Wildman–Crippen MR) is 73.8 cm³/mol. The van der Waals surface area contributed by atoms with E-state index in [2.05, 4.69) is 19.2 Å². The van der Waals surface area contributed by atoms with E-state index in [1.807, 2.05) is 6.92 Å². The van der Waals surface area contributed by atoms with E-state index >= 15 is 0 Å². The smallest absolute Gasteiger partial charge is 0.251 e. The molecule has 0 heterocycles. The molecule has 3 N–H and O–H groups in total. The van der Waals surface area contributed by atoms with Crippen LogP contribution < -0.4 is 15.8 Å². The molecule has 1 rings (SSSR count). The summed E-state index contributed by atoms with van der Waals surface area (Å²) in [6.45, 7) is 6.29. The van der Waals surface area contributed by atoms with Gasteiger partial charge in [-0.25, -0.2) is 0 Å². The van der Waals surface area contributed by atoms with Crippen LogP contribution >= 0.6 is 0 Å². The van der Waals surface area contributed by atoms with Crippen molar-refractivity contribution in [2.45, 2.75) is 33.3 Å². The van der Waals surface area contributed by atoms with E-state index in [4.69, 9.17) is 10.5 Å². The fourth-order valence-electron chi connectivity index (χ4n) is 1.85. The fraction of sp³-hybridized carbons (Fsp3) is 0.500. The van der Waals surface area contributed by atoms with Crippen LogP contribution in [0.5, 0.6) is 5.75 Å². The lowest BCUT2D eigenvalue weighted by Crippen LogP contribution is -2.19. The third-order valence-electron chi connectivity index (χ3n) is 2.63. The molecule has 1 aromatic carbocycles. The summed E-state index contributed by atoms with van der Waals surface area (Å²) < 4.78 is 5.79. The van der Waals surface area contributed by atoms with E-state index in [-0.39, 0.29) is 12.0 Å². The van der Waals surface area contributed by atoms with Crippen molar-refractivity contribution in [3.8, 4) is 5.75 Å². The van der Waals surface area contributed by atoms with Gasteiger partial charge < -0.3 is 15.8 Å². The molecule has 18 heavy (non-hydrogen) atoms. The van der Waals surface area contributed by atoms with Gasteiger partial charge in [-0.1, -0.05) is 13.8 Å². The summed E-state index contributed by atoms with van der Waals surface area (Å²) in [6.07, 6.45) is 1.02. The van der Waals surface area contributed by atoms with E-state index in [1.165, 1.54) is 0 Å². The summed E-state index contributed by atoms with van der Waals surface area (Å²) >= 11 is 0. The molecule has 1 aromatic rings. The Bertz CT molecular complexity index is 416. The maximum Gasteiger partial charge on any atom is 0.251 e. The van der Waals surface area contributed by atoms with Gasteiger partial charge in [-0.05, 0) is 37.5 Å². The zero-order valence-electron chi connectivity index (χ0n) is 11.5. The largest absolute Gasteiger partial charge is 0.489 e. The van der Waals surface area contributed by atoms with Gasteiger partial charge in [0.05, 0.1) is 11.8 Å². The van der Waals surface area contributed by atoms with Gasteiger partial charge in [0.2, 0.25) is 0 Å². The van der Waals surface area contributed by atoms with E-state index in [9.17, 15) is 4.79 Å². The zero-order valence-corrected chi connectivity index (χ0v) is 11.5. The lowest BCUT2D eigenvalue weighted by atomic mass is 10.1. The molecule has 0 saturated carbocycles. The Morgan fingerprint density at radius 1 is 1.39 bits per heavy atom. The lowest BCUT2D eigenvalue weighted by molar-refractivity contribution is 0.0962. The standard InChI is InChI=1S/C14H22N2O2/c1-9(2)7-10(3)18-13-8-11(14(17)16-4)5-6-12(13)15/h5-6,8-10H,7,15H2,1-4H3,(H,16,17). The molecule has 1 amide bonds. The van der Waals surface area contributed by atoms with E-state index in [1.54, 1.807) is 25.2 Å². The van der Waals surface area contributed by atoms with Gasteiger partial charge in [-0.2, -0.15) is 0 Å². The molecular weight excluding hydrogens is 228 g/mol. The third-order valence-corrected chi connectivity index (χ3v) is 2.63. The molecule has 0 aliphatic carbocycles. The molecule has 0 aromatic heterocycles. The van der Waals surface area contributed by atoms with Crippen molar-refractivity contribution in [2.75, 3.05) is 12.8 Å². The molecule has 0 aliphatic rings. The normalized spacial score (nSPS) is 12.3. The Labute approximate surface area is 109 Å². The van der Waals surface area contributed by atoms with Gasteiger partial charge in [0.15, 0.2) is 0 Å². The third kappa shape index (κ3) is 3.95. The minimum absolute atomic E-state index is 0.0761. The summed E-state index contributed by atoms with van der Waals surface area (Å²) in [5, 5.41) is 2.58. The summed E-state index contributed by atoms with van der Waals surface area (Å²) in [5.74, 6) is 0.990. The number of nitrogens with two attached hydrogens (primary N) is 1. The van der Waals surface area contributed by atoms with Crippen molar-refractivity contribution >= 4 is 11.6 Å². The molecule has 1 atom stereocenters. The molecule has 0 fully saturated rings. The second-order valence-corrected chi connectivity index (χ2v) is 4.89. The van der Waals surface area contributed by atoms with Crippen molar-refractivity contribution in [1.29, 1.82) is 0 Å². The molecule has 0 bridgehead atoms. The average molecular weight is 250 g/mol. The second kappa shape index (κ2) is 6.28. The highest BCUT2D eigenvalue weighted by atomic mass is 16.5. The van der Waals surface area contributed by atoms with Crippen LogP contribution in [0.25, 0.3) is 0 Å². The highest BCUT2D eigenvalue weighted by molar-refractivity contribution is 5.95. The number of hydrogen-bond donors (Lipinski definition) is 2. The van der Waals surface area contributed by atoms with E-state index in [0.717, 1.165) is 6.42 Å². The number of hydrogen-bond acceptors (Lipinski definition) is 3. The lowest BCUT2D eigenvalue weighted by Gasteiger charge is -2.18. The molecule has 100 valence electrons. The van der Waals surface area contributed by atoms with Gasteiger partial charge in [0, 0.05) is 12.6 Å². The van der Waals surface area contributed by atoms with Gasteiger partial charge >= 0.3 is 0 Å². The molecular formula is C14H22N2O2. The highest BCUT2D eigenvalue weighted by Crippen LogP contribution is 2.25. The topological polar surface area (TPSA) is 64.4 Å². The number of carbonyl (C=O) groups is 1. The second-order valence-electron chi connectivity index (χ2n) is 4.89. The van der Waals surface area contributed by atoms with Gasteiger partial charge in [-0.3, -0.25) is 4.79 Å². The predicted octanol–water partition coefficient (Wildman–Crippen LogP) is 2.44. The number of carbonyl (C=O) groups excluding carboxylic acids is 1. The van der Waals surface area contributed by atoms with Gasteiger partial charge in [0.1, 0.15) is 5.75 Å². The first kappa shape index (κ1) is 14.4. The quantitative estimate of drug-likeness (QED) is 0.789. The van der Waals surface area contributed by atoms with Crippen LogP contribution in [0.2, 0.25) is 0 Å². The number of amides is 1. The van der Waals surface area contributed by atoms with Crippen LogP contribution in [0, 0.1) is 5.92 Å². The van der Waals surface area contributed by atoms with Crippen molar-refractivity contribution < 1.29 is 9.53 Å². The maximum absolute atomic E-state index is 11.5. The molecule has 1 unspecified atom stereocenters. The molecule has 0 saturated heterocycles. The minimum atomic E-state index is -0.142. The number of rotatable bonds is 5. The Kier molecular flexibility index (Phi) is 5.01. The summed E-state index contributed by atoms with van der Waals surface area (Å²) in [4.78, 5) is 11.5. The van der Waals surface area contributed by atoms with Crippen molar-refractivity contribution in [2.24, 2.45) is 5.92 Å². The average Bonchev–Trinajstić information content (AvgIpc) is 2.30. The number of anilines is 1. The molecule has 0 aliphatic heterocycles. The molecule has 4 heteroatoms. The van der Waals surface area contributed by atoms with Crippen LogP contribution in [-0.2, 0) is 0 Å². The molecule has 0 radical (unpaired) electrons. The van der Waals surface area contributed by atoms with Crippen LogP contribution in [0.3, 0.4) is 0 Å². The Morgan fingerprint density at radius 3 is 2.61 bits per heavy atom. The van der Waals surface area contributed by atoms with E-state index < -0.39 is 0 Å². The fourth-order valence-corrected chi connectivity index (χ4v) is 1.85.